The van der Waals surface area contributed by atoms with Crippen LogP contribution in [0.1, 0.15) is 29.3 Å². The number of rotatable bonds is 5. The van der Waals surface area contributed by atoms with Gasteiger partial charge in [0.25, 0.3) is 5.91 Å². The molecule has 4 N–H and O–H groups in total. The highest BCUT2D eigenvalue weighted by atomic mass is 16.2. The normalized spacial score (nSPS) is 9.89. The van der Waals surface area contributed by atoms with E-state index in [9.17, 15) is 9.59 Å². The number of hydrogen-bond acceptors (Lipinski definition) is 3. The molecule has 1 aromatic rings. The van der Waals surface area contributed by atoms with E-state index >= 15 is 0 Å². The summed E-state index contributed by atoms with van der Waals surface area (Å²) in [7, 11) is 0. The molecule has 0 saturated carbocycles. The average Bonchev–Trinajstić information content (AvgIpc) is 2.36. The number of aryl methyl sites for hydroxylation is 1. The van der Waals surface area contributed by atoms with Crippen LogP contribution < -0.4 is 16.4 Å². The lowest BCUT2D eigenvalue weighted by Gasteiger charge is -2.08. The predicted octanol–water partition coefficient (Wildman–Crippen LogP) is 0.833. The van der Waals surface area contributed by atoms with Crippen LogP contribution in [0.25, 0.3) is 0 Å². The number of benzene rings is 1. The van der Waals surface area contributed by atoms with Crippen molar-refractivity contribution in [1.82, 2.24) is 10.6 Å². The second-order valence-corrected chi connectivity index (χ2v) is 4.12. The minimum absolute atomic E-state index is 0.0355. The molecule has 0 atom stereocenters. The first-order valence-corrected chi connectivity index (χ1v) is 5.95. The highest BCUT2D eigenvalue weighted by molar-refractivity contribution is 6.00. The van der Waals surface area contributed by atoms with Crippen molar-refractivity contribution in [2.75, 3.05) is 18.8 Å². The first-order valence-electron chi connectivity index (χ1n) is 5.95. The van der Waals surface area contributed by atoms with Crippen molar-refractivity contribution >= 4 is 17.5 Å². The third-order valence-electron chi connectivity index (χ3n) is 2.44. The molecule has 0 unspecified atom stereocenters. The number of anilines is 1. The number of nitrogens with one attached hydrogen (secondary N) is 2. The van der Waals surface area contributed by atoms with Crippen molar-refractivity contribution in [1.29, 1.82) is 0 Å². The zero-order chi connectivity index (χ0) is 13.5. The molecule has 0 fully saturated rings. The zero-order valence-electron chi connectivity index (χ0n) is 10.7. The molecule has 18 heavy (non-hydrogen) atoms. The molecule has 98 valence electrons. The number of nitrogen functional groups attached to an aromatic ring is 1. The standard InChI is InChI=1S/C13H19N3O2/c1-3-6-15-12(17)8-16-13(18)10-7-9(2)4-5-11(10)14/h4-5,7H,3,6,8,14H2,1-2H3,(H,15,17)(H,16,18). The Morgan fingerprint density at radius 2 is 2.00 bits per heavy atom. The summed E-state index contributed by atoms with van der Waals surface area (Å²) in [6, 6.07) is 5.22. The Labute approximate surface area is 107 Å². The van der Waals surface area contributed by atoms with E-state index in [0.29, 0.717) is 17.8 Å². The first kappa shape index (κ1) is 14.0. The van der Waals surface area contributed by atoms with Gasteiger partial charge in [-0.1, -0.05) is 18.6 Å². The lowest BCUT2D eigenvalue weighted by molar-refractivity contribution is -0.120. The highest BCUT2D eigenvalue weighted by Gasteiger charge is 2.10. The van der Waals surface area contributed by atoms with Crippen LogP contribution >= 0.6 is 0 Å². The molecule has 0 aliphatic heterocycles. The SMILES string of the molecule is CCCNC(=O)CNC(=O)c1cc(C)ccc1N. The number of carbonyl (C=O) groups excluding carboxylic acids is 2. The molecule has 5 nitrogen and oxygen atoms in total. The second kappa shape index (κ2) is 6.64. The van der Waals surface area contributed by atoms with Gasteiger partial charge in [0.15, 0.2) is 0 Å². The number of amides is 2. The molecule has 1 aromatic carbocycles. The molecule has 0 bridgehead atoms. The van der Waals surface area contributed by atoms with Crippen molar-refractivity contribution < 1.29 is 9.59 Å². The summed E-state index contributed by atoms with van der Waals surface area (Å²) in [6.45, 7) is 4.42. The van der Waals surface area contributed by atoms with Gasteiger partial charge in [-0.15, -0.1) is 0 Å². The molecule has 0 aromatic heterocycles. The van der Waals surface area contributed by atoms with Crippen LogP contribution in [0.5, 0.6) is 0 Å². The lowest BCUT2D eigenvalue weighted by Crippen LogP contribution is -2.37. The molecular formula is C13H19N3O2. The van der Waals surface area contributed by atoms with Crippen LogP contribution in [0.3, 0.4) is 0 Å². The summed E-state index contributed by atoms with van der Waals surface area (Å²) in [4.78, 5) is 23.2. The Hall–Kier alpha value is -2.04. The fourth-order valence-electron chi connectivity index (χ4n) is 1.45. The Morgan fingerprint density at radius 3 is 2.67 bits per heavy atom. The maximum atomic E-state index is 11.8. The van der Waals surface area contributed by atoms with Crippen molar-refractivity contribution in [2.24, 2.45) is 0 Å². The molecule has 5 heteroatoms. The van der Waals surface area contributed by atoms with Crippen LogP contribution in [0.15, 0.2) is 18.2 Å². The van der Waals surface area contributed by atoms with Crippen molar-refractivity contribution in [3.8, 4) is 0 Å². The molecule has 0 spiro atoms. The second-order valence-electron chi connectivity index (χ2n) is 4.12. The van der Waals surface area contributed by atoms with Gasteiger partial charge < -0.3 is 16.4 Å². The summed E-state index contributed by atoms with van der Waals surface area (Å²) in [5, 5.41) is 5.22. The van der Waals surface area contributed by atoms with Crippen LogP contribution in [-0.4, -0.2) is 24.9 Å². The average molecular weight is 249 g/mol. The Morgan fingerprint density at radius 1 is 1.28 bits per heavy atom. The highest BCUT2D eigenvalue weighted by Crippen LogP contribution is 2.13. The van der Waals surface area contributed by atoms with E-state index in [4.69, 9.17) is 5.73 Å². The first-order chi connectivity index (χ1) is 8.54. The number of hydrogen-bond donors (Lipinski definition) is 3. The van der Waals surface area contributed by atoms with E-state index in [2.05, 4.69) is 10.6 Å². The molecule has 0 radical (unpaired) electrons. The van der Waals surface area contributed by atoms with Gasteiger partial charge in [0.1, 0.15) is 0 Å². The summed E-state index contributed by atoms with van der Waals surface area (Å²) < 4.78 is 0. The summed E-state index contributed by atoms with van der Waals surface area (Å²) in [6.07, 6.45) is 0.866. The van der Waals surface area contributed by atoms with E-state index in [1.807, 2.05) is 19.9 Å². The van der Waals surface area contributed by atoms with Gasteiger partial charge in [0.05, 0.1) is 12.1 Å². The van der Waals surface area contributed by atoms with E-state index in [1.54, 1.807) is 12.1 Å². The van der Waals surface area contributed by atoms with E-state index in [1.165, 1.54) is 0 Å². The summed E-state index contributed by atoms with van der Waals surface area (Å²) in [5.74, 6) is -0.528. The predicted molar refractivity (Wildman–Crippen MR) is 71.2 cm³/mol. The van der Waals surface area contributed by atoms with E-state index in [0.717, 1.165) is 12.0 Å². The third-order valence-corrected chi connectivity index (χ3v) is 2.44. The van der Waals surface area contributed by atoms with Gasteiger partial charge >= 0.3 is 0 Å². The molecule has 2 amide bonds. The maximum absolute atomic E-state index is 11.8. The monoisotopic (exact) mass is 249 g/mol. The largest absolute Gasteiger partial charge is 0.398 e. The fourth-order valence-corrected chi connectivity index (χ4v) is 1.45. The van der Waals surface area contributed by atoms with E-state index < -0.39 is 0 Å². The Kier molecular flexibility index (Phi) is 5.17. The number of carbonyl (C=O) groups is 2. The van der Waals surface area contributed by atoms with Gasteiger partial charge in [0.2, 0.25) is 5.91 Å². The van der Waals surface area contributed by atoms with E-state index in [-0.39, 0.29) is 18.4 Å². The van der Waals surface area contributed by atoms with Gasteiger partial charge in [-0.25, -0.2) is 0 Å². The smallest absolute Gasteiger partial charge is 0.253 e. The van der Waals surface area contributed by atoms with Gasteiger partial charge in [-0.3, -0.25) is 9.59 Å². The number of nitrogens with two attached hydrogens (primary N) is 1. The van der Waals surface area contributed by atoms with Crippen LogP contribution in [0, 0.1) is 6.92 Å². The van der Waals surface area contributed by atoms with Crippen molar-refractivity contribution in [3.63, 3.8) is 0 Å². The van der Waals surface area contributed by atoms with Gasteiger partial charge in [-0.05, 0) is 25.5 Å². The Balaban J connectivity index is 2.55. The van der Waals surface area contributed by atoms with Crippen molar-refractivity contribution in [2.45, 2.75) is 20.3 Å². The molecule has 1 rings (SSSR count). The van der Waals surface area contributed by atoms with Crippen molar-refractivity contribution in [3.05, 3.63) is 29.3 Å². The minimum atomic E-state index is -0.331. The molecule has 0 saturated heterocycles. The molecule has 0 aliphatic rings. The fraction of sp³-hybridized carbons (Fsp3) is 0.385. The third kappa shape index (κ3) is 4.08. The molecule has 0 heterocycles. The van der Waals surface area contributed by atoms with Gasteiger partial charge in [-0.2, -0.15) is 0 Å². The Bertz CT molecular complexity index is 444. The van der Waals surface area contributed by atoms with Crippen LogP contribution in [0.4, 0.5) is 5.69 Å². The van der Waals surface area contributed by atoms with Crippen LogP contribution in [0.2, 0.25) is 0 Å². The maximum Gasteiger partial charge on any atom is 0.253 e. The lowest BCUT2D eigenvalue weighted by atomic mass is 10.1. The summed E-state index contributed by atoms with van der Waals surface area (Å²) in [5.41, 5.74) is 7.47. The quantitative estimate of drug-likeness (QED) is 0.676. The minimum Gasteiger partial charge on any atom is -0.398 e. The summed E-state index contributed by atoms with van der Waals surface area (Å²) >= 11 is 0. The topological polar surface area (TPSA) is 84.2 Å². The zero-order valence-corrected chi connectivity index (χ0v) is 10.7. The molecular weight excluding hydrogens is 230 g/mol. The van der Waals surface area contributed by atoms with Gasteiger partial charge in [0, 0.05) is 12.2 Å². The van der Waals surface area contributed by atoms with Crippen LogP contribution in [-0.2, 0) is 4.79 Å². The molecule has 0 aliphatic carbocycles.